The molecule has 146 valence electrons. The molecule has 1 aromatic rings. The topological polar surface area (TPSA) is 73.3 Å². The number of para-hydroxylation sites is 2. The minimum atomic E-state index is -0.406. The van der Waals surface area contributed by atoms with E-state index in [0.29, 0.717) is 29.7 Å². The van der Waals surface area contributed by atoms with Crippen molar-refractivity contribution in [2.75, 3.05) is 56.5 Å². The summed E-state index contributed by atoms with van der Waals surface area (Å²) in [6.07, 6.45) is 1.41. The molecule has 2 fully saturated rings. The fraction of sp³-hybridized carbons (Fsp3) is 0.474. The van der Waals surface area contributed by atoms with Gasteiger partial charge in [0.05, 0.1) is 29.2 Å². The Morgan fingerprint density at radius 2 is 1.96 bits per heavy atom. The summed E-state index contributed by atoms with van der Waals surface area (Å²) in [4.78, 5) is 30.0. The van der Waals surface area contributed by atoms with Gasteiger partial charge in [-0.25, -0.2) is 4.79 Å². The van der Waals surface area contributed by atoms with Crippen LogP contribution in [0.15, 0.2) is 35.4 Å². The van der Waals surface area contributed by atoms with E-state index in [-0.39, 0.29) is 5.91 Å². The average Bonchev–Trinajstić information content (AvgIpc) is 3.00. The minimum Gasteiger partial charge on any atom is -0.506 e. The quantitative estimate of drug-likeness (QED) is 0.582. The van der Waals surface area contributed by atoms with Gasteiger partial charge in [-0.1, -0.05) is 23.9 Å². The van der Waals surface area contributed by atoms with Crippen molar-refractivity contribution >= 4 is 29.3 Å². The number of aromatic hydroxyl groups is 1. The summed E-state index contributed by atoms with van der Waals surface area (Å²) in [7, 11) is 0. The highest BCUT2D eigenvalue weighted by atomic mass is 32.2. The number of hydrogen-bond donors (Lipinski definition) is 1. The number of thioether (sulfide) groups is 1. The summed E-state index contributed by atoms with van der Waals surface area (Å²) < 4.78 is 4.94. The Labute approximate surface area is 163 Å². The number of esters is 1. The van der Waals surface area contributed by atoms with Crippen LogP contribution in [0.1, 0.15) is 6.92 Å². The lowest BCUT2D eigenvalue weighted by molar-refractivity contribution is -0.137. The molecule has 0 bridgehead atoms. The van der Waals surface area contributed by atoms with E-state index in [1.54, 1.807) is 17.9 Å². The zero-order chi connectivity index (χ0) is 19.2. The van der Waals surface area contributed by atoms with Crippen LogP contribution in [-0.2, 0) is 14.3 Å². The van der Waals surface area contributed by atoms with Crippen LogP contribution in [0, 0.1) is 0 Å². The van der Waals surface area contributed by atoms with Crippen LogP contribution in [0.25, 0.3) is 0 Å². The normalized spacial score (nSPS) is 19.7. The van der Waals surface area contributed by atoms with E-state index >= 15 is 0 Å². The van der Waals surface area contributed by atoms with Gasteiger partial charge in [-0.2, -0.15) is 0 Å². The van der Waals surface area contributed by atoms with E-state index in [0.717, 1.165) is 38.4 Å². The predicted octanol–water partition coefficient (Wildman–Crippen LogP) is 1.49. The van der Waals surface area contributed by atoms with Gasteiger partial charge in [-0.15, -0.1) is 0 Å². The zero-order valence-corrected chi connectivity index (χ0v) is 16.3. The van der Waals surface area contributed by atoms with Crippen molar-refractivity contribution in [1.82, 2.24) is 9.80 Å². The summed E-state index contributed by atoms with van der Waals surface area (Å²) in [5.74, 6) is 0.297. The van der Waals surface area contributed by atoms with E-state index in [9.17, 15) is 14.7 Å². The maximum Gasteiger partial charge on any atom is 0.333 e. The number of phenols is 1. The number of benzene rings is 1. The molecule has 27 heavy (non-hydrogen) atoms. The first-order valence-electron chi connectivity index (χ1n) is 9.15. The molecule has 2 aliphatic rings. The van der Waals surface area contributed by atoms with Gasteiger partial charge in [0.2, 0.25) is 5.91 Å². The number of carbonyl (C=O) groups is 2. The van der Waals surface area contributed by atoms with Gasteiger partial charge in [-0.05, 0) is 19.1 Å². The summed E-state index contributed by atoms with van der Waals surface area (Å²) in [6.45, 7) is 6.77. The van der Waals surface area contributed by atoms with Gasteiger partial charge >= 0.3 is 5.97 Å². The van der Waals surface area contributed by atoms with Crippen molar-refractivity contribution in [3.05, 3.63) is 35.4 Å². The maximum atomic E-state index is 12.1. The zero-order valence-electron chi connectivity index (χ0n) is 15.5. The van der Waals surface area contributed by atoms with Gasteiger partial charge in [0.25, 0.3) is 0 Å². The van der Waals surface area contributed by atoms with E-state index < -0.39 is 5.97 Å². The van der Waals surface area contributed by atoms with Crippen LogP contribution in [0.2, 0.25) is 0 Å². The van der Waals surface area contributed by atoms with E-state index in [1.807, 2.05) is 18.2 Å². The molecule has 0 aromatic heterocycles. The van der Waals surface area contributed by atoms with Crippen LogP contribution < -0.4 is 4.90 Å². The van der Waals surface area contributed by atoms with Crippen LogP contribution in [-0.4, -0.2) is 78.4 Å². The molecule has 1 N–H and O–H groups in total. The average molecular weight is 391 g/mol. The second kappa shape index (κ2) is 9.14. The molecule has 3 rings (SSSR count). The lowest BCUT2D eigenvalue weighted by atomic mass is 10.2. The van der Waals surface area contributed by atoms with Crippen LogP contribution in [0.3, 0.4) is 0 Å². The van der Waals surface area contributed by atoms with Gasteiger partial charge in [0.1, 0.15) is 5.75 Å². The maximum absolute atomic E-state index is 12.1. The van der Waals surface area contributed by atoms with Crippen molar-refractivity contribution in [2.24, 2.45) is 0 Å². The number of phenolic OH excluding ortho intramolecular Hbond substituents is 1. The fourth-order valence-electron chi connectivity index (χ4n) is 3.24. The largest absolute Gasteiger partial charge is 0.506 e. The SMILES string of the molecule is CCOC(=O)/C=C1\SCC(=O)N1CCN1CCN(c2ccccc2O)CC1. The number of carbonyl (C=O) groups excluding carboxylic acids is 2. The number of rotatable bonds is 6. The van der Waals surface area contributed by atoms with Crippen LogP contribution in [0.4, 0.5) is 5.69 Å². The first-order valence-corrected chi connectivity index (χ1v) is 10.1. The molecule has 2 aliphatic heterocycles. The number of anilines is 1. The lowest BCUT2D eigenvalue weighted by Gasteiger charge is -2.36. The van der Waals surface area contributed by atoms with Crippen molar-refractivity contribution in [3.63, 3.8) is 0 Å². The Balaban J connectivity index is 1.51. The highest BCUT2D eigenvalue weighted by molar-refractivity contribution is 8.04. The Morgan fingerprint density at radius 1 is 1.22 bits per heavy atom. The lowest BCUT2D eigenvalue weighted by Crippen LogP contribution is -2.48. The van der Waals surface area contributed by atoms with E-state index in [4.69, 9.17) is 4.74 Å². The van der Waals surface area contributed by atoms with E-state index in [2.05, 4.69) is 9.80 Å². The second-order valence-electron chi connectivity index (χ2n) is 6.39. The Bertz CT molecular complexity index is 717. The summed E-state index contributed by atoms with van der Waals surface area (Å²) in [5, 5.41) is 10.7. The second-order valence-corrected chi connectivity index (χ2v) is 7.38. The molecule has 0 radical (unpaired) electrons. The monoisotopic (exact) mass is 391 g/mol. The molecule has 0 atom stereocenters. The van der Waals surface area contributed by atoms with E-state index in [1.165, 1.54) is 17.8 Å². The molecule has 2 saturated heterocycles. The third-order valence-corrected chi connectivity index (χ3v) is 5.70. The smallest absolute Gasteiger partial charge is 0.333 e. The number of amides is 1. The third kappa shape index (κ3) is 4.95. The Morgan fingerprint density at radius 3 is 2.67 bits per heavy atom. The Kier molecular flexibility index (Phi) is 6.63. The van der Waals surface area contributed by atoms with Crippen molar-refractivity contribution < 1.29 is 19.4 Å². The van der Waals surface area contributed by atoms with Gasteiger partial charge in [0, 0.05) is 39.3 Å². The van der Waals surface area contributed by atoms with Gasteiger partial charge in [-0.3, -0.25) is 9.69 Å². The molecule has 1 aromatic carbocycles. The molecule has 8 heteroatoms. The van der Waals surface area contributed by atoms with Crippen molar-refractivity contribution in [3.8, 4) is 5.75 Å². The van der Waals surface area contributed by atoms with Crippen LogP contribution >= 0.6 is 11.8 Å². The standard InChI is InChI=1S/C19H25N3O4S/c1-2-26-19(25)13-18-22(17(24)14-27-18)12-9-20-7-10-21(11-8-20)15-5-3-4-6-16(15)23/h3-6,13,23H,2,7-12,14H2,1H3/b18-13-. The molecular formula is C19H25N3O4S. The number of nitrogens with zero attached hydrogens (tertiary/aromatic N) is 3. The Hall–Kier alpha value is -2.19. The molecule has 0 saturated carbocycles. The first kappa shape index (κ1) is 19.6. The summed E-state index contributed by atoms with van der Waals surface area (Å²) >= 11 is 1.38. The molecule has 7 nitrogen and oxygen atoms in total. The number of hydrogen-bond acceptors (Lipinski definition) is 7. The predicted molar refractivity (Wildman–Crippen MR) is 106 cm³/mol. The highest BCUT2D eigenvalue weighted by Gasteiger charge is 2.28. The molecule has 0 aliphatic carbocycles. The molecule has 0 spiro atoms. The molecule has 1 amide bonds. The van der Waals surface area contributed by atoms with Crippen molar-refractivity contribution in [2.45, 2.75) is 6.92 Å². The number of piperazine rings is 1. The van der Waals surface area contributed by atoms with Crippen LogP contribution in [0.5, 0.6) is 5.75 Å². The molecule has 0 unspecified atom stereocenters. The fourth-order valence-corrected chi connectivity index (χ4v) is 4.19. The highest BCUT2D eigenvalue weighted by Crippen LogP contribution is 2.29. The summed E-state index contributed by atoms with van der Waals surface area (Å²) in [6, 6.07) is 7.38. The molecule has 2 heterocycles. The van der Waals surface area contributed by atoms with Gasteiger partial charge < -0.3 is 19.6 Å². The third-order valence-electron chi connectivity index (χ3n) is 4.67. The minimum absolute atomic E-state index is 0.0309. The molecular weight excluding hydrogens is 366 g/mol. The first-order chi connectivity index (χ1) is 13.1. The van der Waals surface area contributed by atoms with Gasteiger partial charge in [0.15, 0.2) is 0 Å². The number of ether oxygens (including phenoxy) is 1. The van der Waals surface area contributed by atoms with Crippen molar-refractivity contribution in [1.29, 1.82) is 0 Å². The summed E-state index contributed by atoms with van der Waals surface area (Å²) in [5.41, 5.74) is 0.864.